The quantitative estimate of drug-likeness (QED) is 0.802. The van der Waals surface area contributed by atoms with Crippen LogP contribution in [-0.4, -0.2) is 30.0 Å². The fourth-order valence-electron chi connectivity index (χ4n) is 2.97. The average molecular weight is 271 g/mol. The molecule has 2 unspecified atom stereocenters. The molecule has 3 rings (SSSR count). The van der Waals surface area contributed by atoms with Crippen molar-refractivity contribution in [2.24, 2.45) is 5.92 Å². The lowest BCUT2D eigenvalue weighted by atomic mass is 9.92. The number of carbonyl (C=O) groups excluding carboxylic acids is 1. The Balaban J connectivity index is 1.72. The molecule has 2 atom stereocenters. The zero-order valence-electron chi connectivity index (χ0n) is 11.8. The highest BCUT2D eigenvalue weighted by atomic mass is 16.1. The van der Waals surface area contributed by atoms with Crippen molar-refractivity contribution in [2.75, 3.05) is 13.1 Å². The molecule has 0 aliphatic carbocycles. The van der Waals surface area contributed by atoms with E-state index in [0.29, 0.717) is 5.92 Å². The number of H-pyrrole nitrogens is 1. The van der Waals surface area contributed by atoms with E-state index in [9.17, 15) is 4.79 Å². The summed E-state index contributed by atoms with van der Waals surface area (Å²) in [6.45, 7) is 4.19. The van der Waals surface area contributed by atoms with E-state index in [4.69, 9.17) is 0 Å². The van der Waals surface area contributed by atoms with Crippen molar-refractivity contribution in [3.05, 3.63) is 36.0 Å². The molecule has 2 heterocycles. The molecule has 0 saturated carbocycles. The molecule has 106 valence electrons. The predicted octanol–water partition coefficient (Wildman–Crippen LogP) is 2.29. The summed E-state index contributed by atoms with van der Waals surface area (Å²) in [6.07, 6.45) is 4.17. The molecule has 1 aromatic heterocycles. The Morgan fingerprint density at radius 1 is 1.40 bits per heavy atom. The van der Waals surface area contributed by atoms with Crippen LogP contribution in [0.25, 0.3) is 10.9 Å². The number of amides is 1. The number of rotatable bonds is 3. The first-order valence-corrected chi connectivity index (χ1v) is 7.33. The lowest BCUT2D eigenvalue weighted by Crippen LogP contribution is -2.44. The van der Waals surface area contributed by atoms with Crippen LogP contribution in [0.2, 0.25) is 0 Å². The first-order valence-electron chi connectivity index (χ1n) is 7.33. The number of carbonyl (C=O) groups is 1. The second-order valence-electron chi connectivity index (χ2n) is 5.62. The van der Waals surface area contributed by atoms with Gasteiger partial charge in [0.2, 0.25) is 0 Å². The number of nitrogens with one attached hydrogen (secondary N) is 3. The molecule has 1 aliphatic heterocycles. The van der Waals surface area contributed by atoms with Gasteiger partial charge < -0.3 is 15.6 Å². The summed E-state index contributed by atoms with van der Waals surface area (Å²) < 4.78 is 0. The normalized spacial score (nSPS) is 20.8. The average Bonchev–Trinajstić information content (AvgIpc) is 2.92. The minimum Gasteiger partial charge on any atom is -0.360 e. The van der Waals surface area contributed by atoms with E-state index in [1.807, 2.05) is 24.3 Å². The van der Waals surface area contributed by atoms with Gasteiger partial charge in [0, 0.05) is 23.1 Å². The minimum atomic E-state index is 0.0144. The molecule has 20 heavy (non-hydrogen) atoms. The van der Waals surface area contributed by atoms with Crippen LogP contribution in [0.1, 0.15) is 30.1 Å². The van der Waals surface area contributed by atoms with Gasteiger partial charge in [0.25, 0.3) is 5.91 Å². The fraction of sp³-hybridized carbons (Fsp3) is 0.438. The summed E-state index contributed by atoms with van der Waals surface area (Å²) >= 11 is 0. The van der Waals surface area contributed by atoms with Crippen molar-refractivity contribution in [3.8, 4) is 0 Å². The number of hydrogen-bond acceptors (Lipinski definition) is 2. The van der Waals surface area contributed by atoms with E-state index in [1.165, 1.54) is 12.8 Å². The predicted molar refractivity (Wildman–Crippen MR) is 80.8 cm³/mol. The summed E-state index contributed by atoms with van der Waals surface area (Å²) in [7, 11) is 0. The lowest BCUT2D eigenvalue weighted by Gasteiger charge is -2.28. The van der Waals surface area contributed by atoms with Crippen LogP contribution in [0.4, 0.5) is 0 Å². The van der Waals surface area contributed by atoms with Crippen LogP contribution in [-0.2, 0) is 0 Å². The summed E-state index contributed by atoms with van der Waals surface area (Å²) in [6, 6.07) is 8.09. The van der Waals surface area contributed by atoms with Crippen LogP contribution >= 0.6 is 0 Å². The highest BCUT2D eigenvalue weighted by Gasteiger charge is 2.22. The van der Waals surface area contributed by atoms with Gasteiger partial charge in [-0.2, -0.15) is 0 Å². The van der Waals surface area contributed by atoms with E-state index in [2.05, 4.69) is 22.5 Å². The third-order valence-electron chi connectivity index (χ3n) is 4.23. The molecule has 3 N–H and O–H groups in total. The molecule has 0 bridgehead atoms. The van der Waals surface area contributed by atoms with Crippen molar-refractivity contribution in [1.29, 1.82) is 0 Å². The Hall–Kier alpha value is -1.81. The third-order valence-corrected chi connectivity index (χ3v) is 4.23. The smallest absolute Gasteiger partial charge is 0.253 e. The number of aromatic nitrogens is 1. The van der Waals surface area contributed by atoms with E-state index in [1.54, 1.807) is 6.20 Å². The monoisotopic (exact) mass is 271 g/mol. The maximum absolute atomic E-state index is 12.4. The Morgan fingerprint density at radius 3 is 3.05 bits per heavy atom. The van der Waals surface area contributed by atoms with Gasteiger partial charge in [0.05, 0.1) is 5.56 Å². The first kappa shape index (κ1) is 13.2. The SMILES string of the molecule is CC(NC(=O)c1c[nH]c2ccccc12)C1CCCNC1. The maximum Gasteiger partial charge on any atom is 0.253 e. The van der Waals surface area contributed by atoms with Gasteiger partial charge in [-0.3, -0.25) is 4.79 Å². The topological polar surface area (TPSA) is 56.9 Å². The van der Waals surface area contributed by atoms with Gasteiger partial charge in [-0.15, -0.1) is 0 Å². The Morgan fingerprint density at radius 2 is 2.25 bits per heavy atom. The van der Waals surface area contributed by atoms with Gasteiger partial charge in [-0.25, -0.2) is 0 Å². The number of benzene rings is 1. The first-order chi connectivity index (χ1) is 9.75. The van der Waals surface area contributed by atoms with E-state index in [-0.39, 0.29) is 11.9 Å². The number of para-hydroxylation sites is 1. The molecule has 1 saturated heterocycles. The molecule has 0 spiro atoms. The Bertz CT molecular complexity index is 599. The highest BCUT2D eigenvalue weighted by Crippen LogP contribution is 2.19. The molecule has 1 amide bonds. The van der Waals surface area contributed by atoms with Gasteiger partial charge in [-0.05, 0) is 44.8 Å². The molecule has 0 radical (unpaired) electrons. The van der Waals surface area contributed by atoms with Crippen LogP contribution in [0.15, 0.2) is 30.5 Å². The molecule has 4 nitrogen and oxygen atoms in total. The van der Waals surface area contributed by atoms with Crippen molar-refractivity contribution in [3.63, 3.8) is 0 Å². The molecule has 4 heteroatoms. The summed E-state index contributed by atoms with van der Waals surface area (Å²) in [5.74, 6) is 0.540. The Labute approximate surface area is 118 Å². The largest absolute Gasteiger partial charge is 0.360 e. The summed E-state index contributed by atoms with van der Waals surface area (Å²) in [5, 5.41) is 7.53. The molecule has 1 aromatic carbocycles. The number of aromatic amines is 1. The zero-order chi connectivity index (χ0) is 13.9. The van der Waals surface area contributed by atoms with Gasteiger partial charge in [0.1, 0.15) is 0 Å². The number of fused-ring (bicyclic) bond motifs is 1. The molecule has 2 aromatic rings. The van der Waals surface area contributed by atoms with Crippen molar-refractivity contribution >= 4 is 16.8 Å². The van der Waals surface area contributed by atoms with E-state index in [0.717, 1.165) is 29.6 Å². The third kappa shape index (κ3) is 2.56. The van der Waals surface area contributed by atoms with Gasteiger partial charge >= 0.3 is 0 Å². The van der Waals surface area contributed by atoms with Gasteiger partial charge in [-0.1, -0.05) is 18.2 Å². The second-order valence-corrected chi connectivity index (χ2v) is 5.62. The molecular weight excluding hydrogens is 250 g/mol. The molecule has 1 fully saturated rings. The summed E-state index contributed by atoms with van der Waals surface area (Å²) in [5.41, 5.74) is 1.74. The van der Waals surface area contributed by atoms with E-state index < -0.39 is 0 Å². The second kappa shape index (κ2) is 5.67. The highest BCUT2D eigenvalue weighted by molar-refractivity contribution is 6.06. The van der Waals surface area contributed by atoms with Crippen molar-refractivity contribution < 1.29 is 4.79 Å². The van der Waals surface area contributed by atoms with Crippen LogP contribution in [0.3, 0.4) is 0 Å². The fourth-order valence-corrected chi connectivity index (χ4v) is 2.97. The Kier molecular flexibility index (Phi) is 3.74. The summed E-state index contributed by atoms with van der Waals surface area (Å²) in [4.78, 5) is 15.6. The molecular formula is C16H21N3O. The van der Waals surface area contributed by atoms with Gasteiger partial charge in [0.15, 0.2) is 0 Å². The standard InChI is InChI=1S/C16H21N3O/c1-11(12-5-4-8-17-9-12)19-16(20)14-10-18-15-7-3-2-6-13(14)15/h2-3,6-7,10-12,17-18H,4-5,8-9H2,1H3,(H,19,20). The number of piperidine rings is 1. The lowest BCUT2D eigenvalue weighted by molar-refractivity contribution is 0.0923. The van der Waals surface area contributed by atoms with Crippen LogP contribution < -0.4 is 10.6 Å². The number of hydrogen-bond donors (Lipinski definition) is 3. The van der Waals surface area contributed by atoms with Crippen LogP contribution in [0, 0.1) is 5.92 Å². The maximum atomic E-state index is 12.4. The van der Waals surface area contributed by atoms with Crippen LogP contribution in [0.5, 0.6) is 0 Å². The van der Waals surface area contributed by atoms with Crippen molar-refractivity contribution in [1.82, 2.24) is 15.6 Å². The molecule has 1 aliphatic rings. The zero-order valence-corrected chi connectivity index (χ0v) is 11.8. The van der Waals surface area contributed by atoms with E-state index >= 15 is 0 Å². The van der Waals surface area contributed by atoms with Crippen molar-refractivity contribution in [2.45, 2.75) is 25.8 Å². The minimum absolute atomic E-state index is 0.0144.